The highest BCUT2D eigenvalue weighted by atomic mass is 35.5. The average Bonchev–Trinajstić information content (AvgIpc) is 2.69. The number of amides is 2. The highest BCUT2D eigenvalue weighted by Crippen LogP contribution is 2.27. The first-order chi connectivity index (χ1) is 15.0. The van der Waals surface area contributed by atoms with Crippen molar-refractivity contribution in [2.24, 2.45) is 0 Å². The van der Waals surface area contributed by atoms with Gasteiger partial charge in [-0.3, -0.25) is 4.79 Å². The van der Waals surface area contributed by atoms with Crippen molar-refractivity contribution in [2.45, 2.75) is 39.3 Å². The maximum Gasteiger partial charge on any atom is 0.408 e. The molecule has 0 saturated heterocycles. The van der Waals surface area contributed by atoms with Crippen molar-refractivity contribution in [1.29, 1.82) is 0 Å². The van der Waals surface area contributed by atoms with Gasteiger partial charge in [0.25, 0.3) is 0 Å². The van der Waals surface area contributed by atoms with Gasteiger partial charge in [0.1, 0.15) is 29.6 Å². The maximum atomic E-state index is 13.4. The fourth-order valence-electron chi connectivity index (χ4n) is 2.74. The summed E-state index contributed by atoms with van der Waals surface area (Å²) >= 11 is 5.85. The number of carbonyl (C=O) groups excluding carboxylic acids is 2. The third kappa shape index (κ3) is 6.04. The van der Waals surface area contributed by atoms with Gasteiger partial charge < -0.3 is 20.7 Å². The van der Waals surface area contributed by atoms with Crippen LogP contribution in [0.3, 0.4) is 0 Å². The average molecular weight is 460 g/mol. The second-order valence-electron chi connectivity index (χ2n) is 8.07. The Morgan fingerprint density at radius 1 is 1.09 bits per heavy atom. The van der Waals surface area contributed by atoms with Crippen LogP contribution in [-0.2, 0) is 9.53 Å². The Labute approximate surface area is 189 Å². The van der Waals surface area contributed by atoms with Crippen molar-refractivity contribution in [1.82, 2.24) is 15.3 Å². The van der Waals surface area contributed by atoms with E-state index < -0.39 is 29.5 Å². The van der Waals surface area contributed by atoms with Crippen molar-refractivity contribution in [3.8, 4) is 0 Å². The van der Waals surface area contributed by atoms with E-state index in [1.165, 1.54) is 24.5 Å². The van der Waals surface area contributed by atoms with E-state index in [2.05, 4.69) is 25.9 Å². The first kappa shape index (κ1) is 23.2. The van der Waals surface area contributed by atoms with E-state index in [1.807, 2.05) is 0 Å². The minimum Gasteiger partial charge on any atom is -0.444 e. The number of hydrogen-bond acceptors (Lipinski definition) is 6. The summed E-state index contributed by atoms with van der Waals surface area (Å²) in [5.41, 5.74) is 0.988. The van der Waals surface area contributed by atoms with Crippen LogP contribution in [-0.4, -0.2) is 33.6 Å². The monoisotopic (exact) mass is 459 g/mol. The van der Waals surface area contributed by atoms with E-state index in [0.29, 0.717) is 28.1 Å². The number of ether oxygens (including phenoxy) is 1. The van der Waals surface area contributed by atoms with E-state index in [0.717, 1.165) is 0 Å². The van der Waals surface area contributed by atoms with Gasteiger partial charge in [-0.15, -0.1) is 0 Å². The molecule has 0 aliphatic heterocycles. The van der Waals surface area contributed by atoms with E-state index in [4.69, 9.17) is 16.3 Å². The van der Waals surface area contributed by atoms with Crippen LogP contribution in [0.4, 0.5) is 26.4 Å². The largest absolute Gasteiger partial charge is 0.444 e. The number of fused-ring (bicyclic) bond motifs is 1. The van der Waals surface area contributed by atoms with Crippen LogP contribution in [0.25, 0.3) is 10.9 Å². The molecule has 0 spiro atoms. The number of aromatic nitrogens is 2. The molecule has 10 heteroatoms. The molecule has 1 atom stereocenters. The summed E-state index contributed by atoms with van der Waals surface area (Å²) in [7, 11) is 0. The predicted octanol–water partition coefficient (Wildman–Crippen LogP) is 5.02. The first-order valence-electron chi connectivity index (χ1n) is 9.79. The molecule has 0 fully saturated rings. The van der Waals surface area contributed by atoms with Crippen LogP contribution in [0, 0.1) is 5.82 Å². The van der Waals surface area contributed by atoms with Crippen molar-refractivity contribution >= 4 is 51.7 Å². The molecule has 0 aliphatic rings. The predicted molar refractivity (Wildman–Crippen MR) is 122 cm³/mol. The van der Waals surface area contributed by atoms with E-state index in [-0.39, 0.29) is 5.02 Å². The molecule has 0 aliphatic carbocycles. The van der Waals surface area contributed by atoms with Crippen molar-refractivity contribution in [3.63, 3.8) is 0 Å². The molecule has 2 aromatic carbocycles. The standard InChI is InChI=1S/C22H23ClFN5O3/c1-12(27-21(31)32-22(2,3)4)20(30)29-13-6-8-18-15(9-13)19(26-11-25-18)28-14-5-7-17(24)16(23)10-14/h5-12H,1-4H3,(H,27,31)(H,29,30)(H,25,26,28)/t12-/m1/s1. The number of carbonyl (C=O) groups is 2. The topological polar surface area (TPSA) is 105 Å². The lowest BCUT2D eigenvalue weighted by Gasteiger charge is -2.21. The smallest absolute Gasteiger partial charge is 0.408 e. The number of anilines is 3. The van der Waals surface area contributed by atoms with Gasteiger partial charge in [0.2, 0.25) is 5.91 Å². The second kappa shape index (κ2) is 9.35. The van der Waals surface area contributed by atoms with Crippen LogP contribution < -0.4 is 16.0 Å². The zero-order valence-electron chi connectivity index (χ0n) is 18.0. The minimum absolute atomic E-state index is 0.0206. The normalized spacial score (nSPS) is 12.2. The zero-order chi connectivity index (χ0) is 23.5. The molecule has 3 aromatic rings. The van der Waals surface area contributed by atoms with Crippen LogP contribution >= 0.6 is 11.6 Å². The van der Waals surface area contributed by atoms with Crippen molar-refractivity contribution < 1.29 is 18.7 Å². The van der Waals surface area contributed by atoms with Gasteiger partial charge in [0.05, 0.1) is 10.5 Å². The highest BCUT2D eigenvalue weighted by molar-refractivity contribution is 6.31. The summed E-state index contributed by atoms with van der Waals surface area (Å²) in [5.74, 6) is -0.496. The summed E-state index contributed by atoms with van der Waals surface area (Å²) in [4.78, 5) is 32.9. The third-order valence-corrected chi connectivity index (χ3v) is 4.50. The SMILES string of the molecule is C[C@@H](NC(=O)OC(C)(C)C)C(=O)Nc1ccc2ncnc(Nc3ccc(F)c(Cl)c3)c2c1. The number of hydrogen-bond donors (Lipinski definition) is 3. The minimum atomic E-state index is -0.827. The van der Waals surface area contributed by atoms with Gasteiger partial charge in [0.15, 0.2) is 0 Å². The number of halogens is 2. The summed E-state index contributed by atoms with van der Waals surface area (Å²) in [6, 6.07) is 8.50. The molecule has 2 amide bonds. The first-order valence-corrected chi connectivity index (χ1v) is 10.2. The van der Waals surface area contributed by atoms with Gasteiger partial charge >= 0.3 is 6.09 Å². The number of rotatable bonds is 5. The van der Waals surface area contributed by atoms with Crippen LogP contribution in [0.5, 0.6) is 0 Å². The Kier molecular flexibility index (Phi) is 6.78. The Morgan fingerprint density at radius 3 is 2.50 bits per heavy atom. The molecule has 32 heavy (non-hydrogen) atoms. The fraction of sp³-hybridized carbons (Fsp3) is 0.273. The Hall–Kier alpha value is -3.46. The van der Waals surface area contributed by atoms with Crippen LogP contribution in [0.2, 0.25) is 5.02 Å². The second-order valence-corrected chi connectivity index (χ2v) is 8.47. The maximum absolute atomic E-state index is 13.4. The van der Waals surface area contributed by atoms with Gasteiger partial charge in [-0.05, 0) is 64.1 Å². The Morgan fingerprint density at radius 2 is 1.81 bits per heavy atom. The molecule has 168 valence electrons. The van der Waals surface area contributed by atoms with E-state index in [1.54, 1.807) is 45.9 Å². The summed E-state index contributed by atoms with van der Waals surface area (Å²) in [5, 5.41) is 8.92. The zero-order valence-corrected chi connectivity index (χ0v) is 18.7. The van der Waals surface area contributed by atoms with Gasteiger partial charge in [-0.1, -0.05) is 11.6 Å². The van der Waals surface area contributed by atoms with Crippen molar-refractivity contribution in [2.75, 3.05) is 10.6 Å². The third-order valence-electron chi connectivity index (χ3n) is 4.21. The summed E-state index contributed by atoms with van der Waals surface area (Å²) in [6.07, 6.45) is 0.706. The van der Waals surface area contributed by atoms with Gasteiger partial charge in [0, 0.05) is 16.8 Å². The molecule has 0 bridgehead atoms. The molecule has 0 saturated carbocycles. The summed E-state index contributed by atoms with van der Waals surface area (Å²) < 4.78 is 18.6. The lowest BCUT2D eigenvalue weighted by molar-refractivity contribution is -0.117. The quantitative estimate of drug-likeness (QED) is 0.495. The van der Waals surface area contributed by atoms with Crippen molar-refractivity contribution in [3.05, 3.63) is 53.6 Å². The number of nitrogens with one attached hydrogen (secondary N) is 3. The van der Waals surface area contributed by atoms with Gasteiger partial charge in [-0.25, -0.2) is 19.2 Å². The number of benzene rings is 2. The molecular weight excluding hydrogens is 437 g/mol. The molecule has 3 N–H and O–H groups in total. The van der Waals surface area contributed by atoms with E-state index in [9.17, 15) is 14.0 Å². The van der Waals surface area contributed by atoms with E-state index >= 15 is 0 Å². The molecule has 8 nitrogen and oxygen atoms in total. The molecule has 1 aromatic heterocycles. The van der Waals surface area contributed by atoms with Crippen LogP contribution in [0.15, 0.2) is 42.7 Å². The number of alkyl carbamates (subject to hydrolysis) is 1. The molecule has 0 radical (unpaired) electrons. The highest BCUT2D eigenvalue weighted by Gasteiger charge is 2.21. The fourth-order valence-corrected chi connectivity index (χ4v) is 2.93. The molecule has 3 rings (SSSR count). The molecular formula is C22H23ClFN5O3. The lowest BCUT2D eigenvalue weighted by Crippen LogP contribution is -2.43. The van der Waals surface area contributed by atoms with Crippen LogP contribution in [0.1, 0.15) is 27.7 Å². The molecule has 1 heterocycles. The Bertz CT molecular complexity index is 1170. The number of nitrogens with zero attached hydrogens (tertiary/aromatic N) is 2. The lowest BCUT2D eigenvalue weighted by atomic mass is 10.2. The molecule has 0 unspecified atom stereocenters. The summed E-state index contributed by atoms with van der Waals surface area (Å²) in [6.45, 7) is 6.76. The van der Waals surface area contributed by atoms with Gasteiger partial charge in [-0.2, -0.15) is 0 Å². The Balaban J connectivity index is 1.77.